The maximum absolute atomic E-state index is 14.7. The van der Waals surface area contributed by atoms with Gasteiger partial charge in [-0.25, -0.2) is 22.7 Å². The van der Waals surface area contributed by atoms with Crippen molar-refractivity contribution >= 4 is 69.4 Å². The fraction of sp³-hybridized carbons (Fsp3) is 0.574. The van der Waals surface area contributed by atoms with E-state index >= 15 is 0 Å². The number of amides is 11. The number of carbonyl (C=O) groups excluding carboxylic acids is 10. The molecule has 3 rings (SSSR count). The van der Waals surface area contributed by atoms with Crippen LogP contribution >= 0.6 is 0 Å². The molecule has 0 unspecified atom stereocenters. The number of likely N-dealkylation sites (N-methyl/N-ethyl adjacent to an activating group) is 2. The van der Waals surface area contributed by atoms with Gasteiger partial charge in [0, 0.05) is 63.3 Å². The third kappa shape index (κ3) is 22.7. The predicted octanol–water partition coefficient (Wildman–Crippen LogP) is 4.98. The molecule has 0 saturated heterocycles. The normalized spacial score (nSPS) is 14.8. The van der Waals surface area contributed by atoms with E-state index in [1.807, 2.05) is 58.0 Å². The monoisotopic (exact) mass is 1200 g/mol. The van der Waals surface area contributed by atoms with Gasteiger partial charge in [0.15, 0.2) is 0 Å². The van der Waals surface area contributed by atoms with E-state index in [-0.39, 0.29) is 68.1 Å². The lowest BCUT2D eigenvalue weighted by atomic mass is 9.76. The Bertz CT molecular complexity index is 2860. The third-order valence-electron chi connectivity index (χ3n) is 14.3. The molecule has 0 fully saturated rings. The molecule has 24 heteroatoms. The summed E-state index contributed by atoms with van der Waals surface area (Å²) in [7, 11) is -1.27. The van der Waals surface area contributed by atoms with E-state index in [0.717, 1.165) is 10.5 Å². The van der Waals surface area contributed by atoms with Gasteiger partial charge in [0.25, 0.3) is 17.7 Å². The Labute approximate surface area is 501 Å². The lowest BCUT2D eigenvalue weighted by molar-refractivity contribution is -0.142. The molecule has 23 nitrogen and oxygen atoms in total. The molecule has 2 aromatic carbocycles. The van der Waals surface area contributed by atoms with Gasteiger partial charge in [-0.1, -0.05) is 129 Å². The lowest BCUT2D eigenvalue weighted by Crippen LogP contribution is -2.63. The number of rotatable bonds is 30. The van der Waals surface area contributed by atoms with Crippen LogP contribution < -0.4 is 37.0 Å². The first-order valence-corrected chi connectivity index (χ1v) is 30.4. The van der Waals surface area contributed by atoms with Crippen molar-refractivity contribution in [1.82, 2.24) is 46.0 Å². The highest BCUT2D eigenvalue weighted by atomic mass is 32.2. The number of benzene rings is 2. The number of imide groups is 1. The summed E-state index contributed by atoms with van der Waals surface area (Å²) in [5.41, 5.74) is 4.14. The summed E-state index contributed by atoms with van der Waals surface area (Å²) >= 11 is 0. The van der Waals surface area contributed by atoms with Crippen molar-refractivity contribution < 1.29 is 61.1 Å². The van der Waals surface area contributed by atoms with E-state index in [1.54, 1.807) is 74.6 Å². The molecule has 1 aliphatic rings. The van der Waals surface area contributed by atoms with Crippen molar-refractivity contribution in [3.8, 4) is 0 Å². The minimum atomic E-state index is -4.29. The first-order valence-electron chi connectivity index (χ1n) is 28.7. The maximum atomic E-state index is 14.7. The lowest BCUT2D eigenvalue weighted by Gasteiger charge is -2.42. The minimum absolute atomic E-state index is 0.00539. The molecular formula is C61H92N10O13S. The van der Waals surface area contributed by atoms with E-state index in [9.17, 15) is 56.4 Å². The maximum Gasteiger partial charge on any atom is 0.410 e. The van der Waals surface area contributed by atoms with Crippen LogP contribution in [0.25, 0.3) is 0 Å². The van der Waals surface area contributed by atoms with Gasteiger partial charge in [0.2, 0.25) is 39.6 Å². The van der Waals surface area contributed by atoms with Crippen LogP contribution in [0.1, 0.15) is 145 Å². The average Bonchev–Trinajstić information content (AvgIpc) is 3.50. The number of hydrogen-bond acceptors (Lipinski definition) is 13. The first-order chi connectivity index (χ1) is 39.4. The van der Waals surface area contributed by atoms with Crippen LogP contribution in [0.4, 0.5) is 9.59 Å². The van der Waals surface area contributed by atoms with Gasteiger partial charge >= 0.3 is 12.1 Å². The third-order valence-corrected chi connectivity index (χ3v) is 15.5. The van der Waals surface area contributed by atoms with Crippen molar-refractivity contribution in [2.24, 2.45) is 23.0 Å². The summed E-state index contributed by atoms with van der Waals surface area (Å²) < 4.78 is 34.8. The fourth-order valence-corrected chi connectivity index (χ4v) is 10.7. The number of hydrogen-bond donors (Lipinski definition) is 7. The van der Waals surface area contributed by atoms with Crippen molar-refractivity contribution in [1.29, 1.82) is 0 Å². The molecule has 0 spiro atoms. The molecule has 0 saturated carbocycles. The number of carbonyl (C=O) groups is 10. The van der Waals surface area contributed by atoms with Gasteiger partial charge in [-0.15, -0.1) is 0 Å². The fourth-order valence-electron chi connectivity index (χ4n) is 9.51. The number of nitrogens with two attached hydrogens (primary N) is 1. The van der Waals surface area contributed by atoms with Crippen LogP contribution in [-0.4, -0.2) is 145 Å². The van der Waals surface area contributed by atoms with Crippen molar-refractivity contribution in [3.05, 3.63) is 95.1 Å². The Morgan fingerprint density at radius 1 is 0.706 bits per heavy atom. The largest absolute Gasteiger partial charge is 0.444 e. The Kier molecular flexibility index (Phi) is 26.5. The number of sulfonamides is 1. The second-order valence-electron chi connectivity index (χ2n) is 24.9. The Morgan fingerprint density at radius 3 is 1.84 bits per heavy atom. The topological polar surface area (TPSA) is 322 Å². The smallest absolute Gasteiger partial charge is 0.410 e. The number of urea groups is 1. The summed E-state index contributed by atoms with van der Waals surface area (Å²) in [6, 6.07) is 9.52. The zero-order chi connectivity index (χ0) is 64.4. The summed E-state index contributed by atoms with van der Waals surface area (Å²) in [4.78, 5) is 135. The number of ether oxygens (including phenoxy) is 1. The summed E-state index contributed by atoms with van der Waals surface area (Å²) in [5, 5.41) is 13.7. The highest BCUT2D eigenvalue weighted by Gasteiger charge is 2.46. The molecule has 0 aliphatic carbocycles. The molecular weight excluding hydrogens is 1110 g/mol. The number of primary amides is 1. The van der Waals surface area contributed by atoms with Gasteiger partial charge in [0.05, 0.1) is 11.8 Å². The molecule has 2 aromatic rings. The van der Waals surface area contributed by atoms with Crippen LogP contribution in [0.3, 0.4) is 0 Å². The van der Waals surface area contributed by atoms with E-state index in [0.29, 0.717) is 30.4 Å². The van der Waals surface area contributed by atoms with Gasteiger partial charge in [-0.05, 0) is 87.3 Å². The molecule has 0 radical (unpaired) electrons. The Balaban J connectivity index is 1.70. The highest BCUT2D eigenvalue weighted by molar-refractivity contribution is 7.89. The quantitative estimate of drug-likeness (QED) is 0.0309. The van der Waals surface area contributed by atoms with E-state index in [4.69, 9.17) is 10.5 Å². The predicted molar refractivity (Wildman–Crippen MR) is 323 cm³/mol. The molecule has 0 bridgehead atoms. The molecule has 11 amide bonds. The van der Waals surface area contributed by atoms with Crippen LogP contribution in [0.2, 0.25) is 0 Å². The van der Waals surface area contributed by atoms with Crippen molar-refractivity contribution in [2.75, 3.05) is 27.2 Å². The van der Waals surface area contributed by atoms with E-state index < -0.39 is 110 Å². The van der Waals surface area contributed by atoms with Gasteiger partial charge < -0.3 is 42.0 Å². The van der Waals surface area contributed by atoms with Gasteiger partial charge in [-0.3, -0.25) is 48.2 Å². The van der Waals surface area contributed by atoms with Crippen LogP contribution in [0.5, 0.6) is 0 Å². The average molecular weight is 1210 g/mol. The standard InChI is InChI=1S/C61H92N10O13S/c1-38(2)45(69(14)56(79)50(59(6,7)8)67-55(78)51(70(15)58(81)84-60(9,10)11)61(12,13)43-23-18-16-19-24-43)35-40(5)52(75)68-85(82,83)37-42-29-27-41(28-30-42)36-64-53(76)44(25-22-33-63-57(62)80)65-54(77)49(39(3)4)66-46(72)26-20-17-21-34-71-47(73)31-32-48(71)74/h16,18-19,23-24,27-32,35,38-39,44-45,49-51H,17,20-22,25-26,33-34,36-37H2,1-15H3,(H,64,76)(H,65,77)(H,66,72)(H,67,78)(H,68,75)(H3,62,63,80)/b40-35+/t44-,45+,49-,50+,51+/m0/s1. The summed E-state index contributed by atoms with van der Waals surface area (Å²) in [6.07, 6.45) is 5.10. The number of nitrogens with zero attached hydrogens (tertiary/aromatic N) is 3. The number of nitrogens with one attached hydrogen (secondary N) is 6. The first kappa shape index (κ1) is 71.6. The molecule has 1 heterocycles. The summed E-state index contributed by atoms with van der Waals surface area (Å²) in [6.45, 7) is 23.1. The second-order valence-corrected chi connectivity index (χ2v) is 26.6. The van der Waals surface area contributed by atoms with Crippen molar-refractivity contribution in [3.63, 3.8) is 0 Å². The van der Waals surface area contributed by atoms with Crippen LogP contribution in [-0.2, 0) is 70.8 Å². The Morgan fingerprint density at radius 2 is 1.29 bits per heavy atom. The molecule has 0 aromatic heterocycles. The molecule has 1 aliphatic heterocycles. The molecule has 470 valence electrons. The highest BCUT2D eigenvalue weighted by Crippen LogP contribution is 2.33. The van der Waals surface area contributed by atoms with Gasteiger partial charge in [-0.2, -0.15) is 0 Å². The van der Waals surface area contributed by atoms with Crippen LogP contribution in [0.15, 0.2) is 78.4 Å². The van der Waals surface area contributed by atoms with Crippen molar-refractivity contribution in [2.45, 2.75) is 182 Å². The number of unbranched alkanes of at least 4 members (excludes halogenated alkanes) is 2. The van der Waals surface area contributed by atoms with E-state index in [2.05, 4.69) is 31.3 Å². The Hall–Kier alpha value is -7.63. The molecule has 85 heavy (non-hydrogen) atoms. The SMILES string of the molecule is C/C(=C\[C@H](C(C)C)N(C)C(=O)[C@@H](NC(=O)[C@@H](N(C)C(=O)OC(C)(C)C)C(C)(C)c1ccccc1)C(C)(C)C)C(=O)NS(=O)(=O)Cc1ccc(CNC(=O)[C@H](CCCNC(N)=O)NC(=O)[C@@H](NC(=O)CCCCCN2C(=O)C=CC2=O)C(C)C)cc1. The minimum Gasteiger partial charge on any atom is -0.444 e. The molecule has 8 N–H and O–H groups in total. The second kappa shape index (κ2) is 31.5. The zero-order valence-electron chi connectivity index (χ0n) is 52.2. The molecule has 5 atom stereocenters. The van der Waals surface area contributed by atoms with E-state index in [1.165, 1.54) is 54.1 Å². The van der Waals surface area contributed by atoms with Crippen LogP contribution in [0, 0.1) is 17.3 Å². The summed E-state index contributed by atoms with van der Waals surface area (Å²) in [5.74, 6) is -5.62. The zero-order valence-corrected chi connectivity index (χ0v) is 53.0. The van der Waals surface area contributed by atoms with Gasteiger partial charge in [0.1, 0.15) is 29.8 Å².